The first kappa shape index (κ1) is 12.4. The first-order valence-electron chi connectivity index (χ1n) is 5.88. The average Bonchev–Trinajstić information content (AvgIpc) is 2.97. The zero-order valence-corrected chi connectivity index (χ0v) is 9.96. The Balaban J connectivity index is 1.92. The highest BCUT2D eigenvalue weighted by Gasteiger charge is 2.39. The minimum absolute atomic E-state index is 0.258. The highest BCUT2D eigenvalue weighted by atomic mass is 16.5. The van der Waals surface area contributed by atoms with Gasteiger partial charge in [0.05, 0.1) is 12.7 Å². The van der Waals surface area contributed by atoms with Crippen molar-refractivity contribution in [1.82, 2.24) is 9.55 Å². The van der Waals surface area contributed by atoms with Crippen LogP contribution in [0.3, 0.4) is 0 Å². The van der Waals surface area contributed by atoms with Crippen LogP contribution in [0.25, 0.3) is 0 Å². The van der Waals surface area contributed by atoms with Gasteiger partial charge in [-0.15, -0.1) is 0 Å². The van der Waals surface area contributed by atoms with Crippen molar-refractivity contribution in [2.75, 3.05) is 6.61 Å². The molecule has 2 aliphatic heterocycles. The highest BCUT2D eigenvalue weighted by Crippen LogP contribution is 2.35. The van der Waals surface area contributed by atoms with Crippen molar-refractivity contribution in [3.05, 3.63) is 16.9 Å². The summed E-state index contributed by atoms with van der Waals surface area (Å²) in [5, 5.41) is 18.8. The summed E-state index contributed by atoms with van der Waals surface area (Å²) in [6.45, 7) is -0.258. The van der Waals surface area contributed by atoms with Crippen LogP contribution in [-0.2, 0) is 4.74 Å². The molecule has 9 nitrogen and oxygen atoms in total. The maximum absolute atomic E-state index is 11.3. The number of aliphatic hydroxyl groups is 2. The summed E-state index contributed by atoms with van der Waals surface area (Å²) in [7, 11) is 0. The van der Waals surface area contributed by atoms with Crippen LogP contribution < -0.4 is 5.73 Å². The number of nitrogens with two attached hydrogens (primary N) is 1. The van der Waals surface area contributed by atoms with Crippen LogP contribution in [0.4, 0.5) is 5.82 Å². The molecule has 4 N–H and O–H groups in total. The van der Waals surface area contributed by atoms with Crippen molar-refractivity contribution in [3.8, 4) is 0 Å². The Morgan fingerprint density at radius 2 is 2.42 bits per heavy atom. The van der Waals surface area contributed by atoms with E-state index in [1.807, 2.05) is 0 Å². The van der Waals surface area contributed by atoms with Gasteiger partial charge in [-0.25, -0.2) is 4.98 Å². The lowest BCUT2D eigenvalue weighted by molar-refractivity contribution is -0.475. The van der Waals surface area contributed by atoms with Crippen molar-refractivity contribution >= 4 is 12.2 Å². The molecule has 19 heavy (non-hydrogen) atoms. The van der Waals surface area contributed by atoms with E-state index < -0.39 is 24.6 Å². The molecular weight excluding hydrogens is 254 g/mol. The van der Waals surface area contributed by atoms with E-state index in [-0.39, 0.29) is 6.61 Å². The Hall–Kier alpha value is -1.68. The molecule has 2 aliphatic rings. The second-order valence-corrected chi connectivity index (χ2v) is 4.52. The molecule has 0 saturated carbocycles. The van der Waals surface area contributed by atoms with Crippen molar-refractivity contribution in [1.29, 1.82) is 0 Å². The van der Waals surface area contributed by atoms with Crippen molar-refractivity contribution < 1.29 is 19.7 Å². The largest absolute Gasteiger partial charge is 0.394 e. The second-order valence-electron chi connectivity index (χ2n) is 4.52. The van der Waals surface area contributed by atoms with Gasteiger partial charge in [-0.3, -0.25) is 10.3 Å². The van der Waals surface area contributed by atoms with Crippen molar-refractivity contribution in [2.45, 2.75) is 31.0 Å². The van der Waals surface area contributed by atoms with Gasteiger partial charge in [0.15, 0.2) is 5.69 Å². The summed E-state index contributed by atoms with van der Waals surface area (Å²) in [6, 6.07) is 0. The fraction of sp³-hybridized carbons (Fsp3) is 0.600. The summed E-state index contributed by atoms with van der Waals surface area (Å²) in [5.74, 6) is 0.440. The SMILES string of the molecule is NC1c2ncn(C3CC(O)C(CO)O3)c2N=C[N+]1=O. The number of ether oxygens (including phenoxy) is 1. The fourth-order valence-corrected chi connectivity index (χ4v) is 2.28. The zero-order valence-electron chi connectivity index (χ0n) is 9.96. The van der Waals surface area contributed by atoms with E-state index in [0.717, 1.165) is 6.34 Å². The predicted molar refractivity (Wildman–Crippen MR) is 62.6 cm³/mol. The van der Waals surface area contributed by atoms with Gasteiger partial charge >= 0.3 is 6.34 Å². The standard InChI is InChI=1S/C10H14N5O4/c11-9-8-10(13-4-15(9)18)14(3-12-8)7-1-5(17)6(2-16)19-7/h3-7,9,16-17H,1-2,11H2/q+1. The van der Waals surface area contributed by atoms with Gasteiger partial charge in [0.25, 0.3) is 5.82 Å². The van der Waals surface area contributed by atoms with E-state index in [9.17, 15) is 10.0 Å². The molecule has 4 unspecified atom stereocenters. The Kier molecular flexibility index (Phi) is 2.90. The van der Waals surface area contributed by atoms with Gasteiger partial charge in [0.2, 0.25) is 6.17 Å². The monoisotopic (exact) mass is 268 g/mol. The van der Waals surface area contributed by atoms with Gasteiger partial charge in [0.1, 0.15) is 18.7 Å². The number of rotatable bonds is 2. The van der Waals surface area contributed by atoms with Gasteiger partial charge in [0, 0.05) is 6.42 Å². The Bertz CT molecular complexity index is 542. The molecule has 1 aromatic rings. The van der Waals surface area contributed by atoms with E-state index in [1.165, 1.54) is 6.33 Å². The van der Waals surface area contributed by atoms with Crippen molar-refractivity contribution in [3.63, 3.8) is 0 Å². The number of hydrogen-bond donors (Lipinski definition) is 3. The van der Waals surface area contributed by atoms with Crippen LogP contribution in [-0.4, -0.2) is 49.7 Å². The first-order valence-corrected chi connectivity index (χ1v) is 5.88. The number of imidazole rings is 1. The van der Waals surface area contributed by atoms with Crippen LogP contribution >= 0.6 is 0 Å². The Labute approximate surface area is 107 Å². The minimum Gasteiger partial charge on any atom is -0.394 e. The van der Waals surface area contributed by atoms with E-state index in [4.69, 9.17) is 15.6 Å². The van der Waals surface area contributed by atoms with E-state index in [2.05, 4.69) is 9.98 Å². The molecule has 9 heteroatoms. The maximum atomic E-state index is 11.3. The number of aliphatic imine (C=N–C) groups is 1. The van der Waals surface area contributed by atoms with E-state index >= 15 is 0 Å². The average molecular weight is 268 g/mol. The summed E-state index contributed by atoms with van der Waals surface area (Å²) < 4.78 is 7.64. The molecule has 0 spiro atoms. The fourth-order valence-electron chi connectivity index (χ4n) is 2.28. The summed E-state index contributed by atoms with van der Waals surface area (Å²) in [5.41, 5.74) is 6.06. The van der Waals surface area contributed by atoms with Crippen LogP contribution in [0, 0.1) is 4.91 Å². The van der Waals surface area contributed by atoms with Crippen LogP contribution in [0.5, 0.6) is 0 Å². The summed E-state index contributed by atoms with van der Waals surface area (Å²) in [4.78, 5) is 19.4. The highest BCUT2D eigenvalue weighted by molar-refractivity contribution is 5.57. The van der Waals surface area contributed by atoms with Crippen LogP contribution in [0.1, 0.15) is 24.5 Å². The number of nitroso groups, excluding NO2 is 1. The number of aromatic nitrogens is 2. The smallest absolute Gasteiger partial charge is 0.329 e. The Morgan fingerprint density at radius 1 is 1.63 bits per heavy atom. The number of fused-ring (bicyclic) bond motifs is 1. The molecule has 3 heterocycles. The molecule has 0 amide bonds. The van der Waals surface area contributed by atoms with E-state index in [1.54, 1.807) is 4.57 Å². The number of nitrogens with zero attached hydrogens (tertiary/aromatic N) is 4. The topological polar surface area (TPSA) is 126 Å². The van der Waals surface area contributed by atoms with Gasteiger partial charge in [-0.05, 0) is 9.75 Å². The van der Waals surface area contributed by atoms with Crippen LogP contribution in [0.15, 0.2) is 11.3 Å². The molecule has 0 bridgehead atoms. The summed E-state index contributed by atoms with van der Waals surface area (Å²) in [6.07, 6.45) is 0.128. The zero-order chi connectivity index (χ0) is 13.6. The molecule has 0 radical (unpaired) electrons. The molecule has 0 aliphatic carbocycles. The molecule has 3 rings (SSSR count). The van der Waals surface area contributed by atoms with Gasteiger partial charge < -0.3 is 14.9 Å². The third-order valence-corrected chi connectivity index (χ3v) is 3.34. The Morgan fingerprint density at radius 3 is 3.11 bits per heavy atom. The molecule has 1 fully saturated rings. The molecule has 4 atom stereocenters. The third kappa shape index (κ3) is 1.87. The predicted octanol–water partition coefficient (Wildman–Crippen LogP) is -1.07. The molecule has 1 aromatic heterocycles. The number of aliphatic hydroxyl groups excluding tert-OH is 2. The third-order valence-electron chi connectivity index (χ3n) is 3.34. The first-order chi connectivity index (χ1) is 9.11. The maximum Gasteiger partial charge on any atom is 0.329 e. The minimum atomic E-state index is -0.895. The lowest BCUT2D eigenvalue weighted by Gasteiger charge is -2.13. The van der Waals surface area contributed by atoms with E-state index in [0.29, 0.717) is 22.7 Å². The summed E-state index contributed by atoms with van der Waals surface area (Å²) >= 11 is 0. The normalized spacial score (nSPS) is 33.7. The van der Waals surface area contributed by atoms with Crippen LogP contribution in [0.2, 0.25) is 0 Å². The molecule has 1 saturated heterocycles. The lowest BCUT2D eigenvalue weighted by atomic mass is 10.2. The lowest BCUT2D eigenvalue weighted by Crippen LogP contribution is -2.26. The molecule has 102 valence electrons. The quantitative estimate of drug-likeness (QED) is 0.586. The molecule has 0 aromatic carbocycles. The van der Waals surface area contributed by atoms with Crippen molar-refractivity contribution in [2.24, 2.45) is 10.7 Å². The van der Waals surface area contributed by atoms with Gasteiger partial charge in [-0.2, -0.15) is 0 Å². The molecular formula is C10H14N5O4+. The second kappa shape index (κ2) is 4.46. The van der Waals surface area contributed by atoms with Gasteiger partial charge in [-0.1, -0.05) is 4.91 Å². The number of hydrogen-bond acceptors (Lipinski definition) is 7.